The van der Waals surface area contributed by atoms with Gasteiger partial charge in [0.25, 0.3) is 0 Å². The van der Waals surface area contributed by atoms with Gasteiger partial charge in [-0.15, -0.1) is 13.2 Å². The molecule has 0 nitrogen and oxygen atoms in total. The van der Waals surface area contributed by atoms with E-state index in [4.69, 9.17) is 0 Å². The second-order valence-electron chi connectivity index (χ2n) is 8.52. The zero-order valence-electron chi connectivity index (χ0n) is 18.0. The molecule has 156 valence electrons. The maximum atomic E-state index is 14.7. The molecule has 3 aromatic carbocycles. The van der Waals surface area contributed by atoms with Gasteiger partial charge in [-0.1, -0.05) is 54.3 Å². The van der Waals surface area contributed by atoms with Crippen molar-refractivity contribution in [3.05, 3.63) is 108 Å². The first kappa shape index (κ1) is 21.1. The molecule has 0 aromatic heterocycles. The van der Waals surface area contributed by atoms with E-state index in [9.17, 15) is 4.39 Å². The highest BCUT2D eigenvalue weighted by Gasteiger charge is 2.20. The first-order valence-electron chi connectivity index (χ1n) is 11.2. The topological polar surface area (TPSA) is 0 Å². The fraction of sp³-hybridized carbons (Fsp3) is 0.267. The Hall–Kier alpha value is -3.11. The van der Waals surface area contributed by atoms with E-state index in [1.54, 1.807) is 0 Å². The molecule has 0 heterocycles. The molecule has 4 rings (SSSR count). The van der Waals surface area contributed by atoms with Crippen LogP contribution in [0.2, 0.25) is 0 Å². The predicted molar refractivity (Wildman–Crippen MR) is 130 cm³/mol. The van der Waals surface area contributed by atoms with E-state index in [0.29, 0.717) is 23.6 Å². The minimum Gasteiger partial charge on any atom is -0.206 e. The van der Waals surface area contributed by atoms with Gasteiger partial charge in [-0.2, -0.15) is 0 Å². The average molecular weight is 409 g/mol. The van der Waals surface area contributed by atoms with Gasteiger partial charge in [-0.25, -0.2) is 4.39 Å². The number of aryl methyl sites for hydroxylation is 1. The molecule has 1 saturated carbocycles. The molecule has 0 unspecified atom stereocenters. The highest BCUT2D eigenvalue weighted by molar-refractivity contribution is 5.85. The molecular weight excluding hydrogens is 379 g/mol. The molecule has 3 aromatic rings. The third-order valence-corrected chi connectivity index (χ3v) is 6.49. The maximum absolute atomic E-state index is 14.7. The monoisotopic (exact) mass is 408 g/mol. The third kappa shape index (κ3) is 4.97. The lowest BCUT2D eigenvalue weighted by Gasteiger charge is -2.26. The Morgan fingerprint density at radius 2 is 1.58 bits per heavy atom. The fourth-order valence-electron chi connectivity index (χ4n) is 4.54. The third-order valence-electron chi connectivity index (χ3n) is 6.49. The first-order chi connectivity index (χ1) is 15.2. The summed E-state index contributed by atoms with van der Waals surface area (Å²) in [5.41, 5.74) is 4.07. The average Bonchev–Trinajstić information content (AvgIpc) is 2.83. The Morgan fingerprint density at radius 3 is 2.29 bits per heavy atom. The molecule has 0 N–H and O–H groups in total. The molecule has 0 saturated heterocycles. The van der Waals surface area contributed by atoms with Gasteiger partial charge < -0.3 is 0 Å². The summed E-state index contributed by atoms with van der Waals surface area (Å²) in [6, 6.07) is 18.3. The normalized spacial score (nSPS) is 18.2. The molecule has 0 bridgehead atoms. The molecule has 1 aliphatic carbocycles. The summed E-state index contributed by atoms with van der Waals surface area (Å²) >= 11 is 0. The van der Waals surface area contributed by atoms with E-state index in [-0.39, 0.29) is 5.82 Å². The van der Waals surface area contributed by atoms with Gasteiger partial charge >= 0.3 is 0 Å². The minimum atomic E-state index is -0.128. The van der Waals surface area contributed by atoms with Gasteiger partial charge in [-0.3, -0.25) is 0 Å². The van der Waals surface area contributed by atoms with Crippen LogP contribution in [0.25, 0.3) is 10.8 Å². The fourth-order valence-corrected chi connectivity index (χ4v) is 4.54. The second kappa shape index (κ2) is 9.80. The van der Waals surface area contributed by atoms with Crippen molar-refractivity contribution in [1.82, 2.24) is 0 Å². The Morgan fingerprint density at radius 1 is 0.871 bits per heavy atom. The van der Waals surface area contributed by atoms with E-state index in [1.807, 2.05) is 36.4 Å². The Balaban J connectivity index is 1.48. The predicted octanol–water partition coefficient (Wildman–Crippen LogP) is 7.96. The van der Waals surface area contributed by atoms with Crippen molar-refractivity contribution in [2.24, 2.45) is 5.92 Å². The number of fused-ring (bicyclic) bond motifs is 1. The summed E-state index contributed by atoms with van der Waals surface area (Å²) in [4.78, 5) is 0. The van der Waals surface area contributed by atoms with Crippen LogP contribution in [0.4, 0.5) is 4.39 Å². The molecule has 0 atom stereocenters. The molecule has 31 heavy (non-hydrogen) atoms. The lowest BCUT2D eigenvalue weighted by Crippen LogP contribution is -2.11. The summed E-state index contributed by atoms with van der Waals surface area (Å²) in [6.45, 7) is 7.66. The van der Waals surface area contributed by atoms with E-state index < -0.39 is 0 Å². The summed E-state index contributed by atoms with van der Waals surface area (Å²) in [7, 11) is 0. The highest BCUT2D eigenvalue weighted by atomic mass is 19.1. The van der Waals surface area contributed by atoms with Crippen LogP contribution in [-0.2, 0) is 6.42 Å². The molecule has 1 fully saturated rings. The lowest BCUT2D eigenvalue weighted by atomic mass is 9.79. The van der Waals surface area contributed by atoms with Crippen LogP contribution in [-0.4, -0.2) is 0 Å². The van der Waals surface area contributed by atoms with Crippen molar-refractivity contribution in [3.8, 4) is 11.8 Å². The van der Waals surface area contributed by atoms with Crippen LogP contribution in [0.5, 0.6) is 0 Å². The van der Waals surface area contributed by atoms with E-state index in [1.165, 1.54) is 31.2 Å². The van der Waals surface area contributed by atoms with Gasteiger partial charge in [0, 0.05) is 16.5 Å². The van der Waals surface area contributed by atoms with Crippen molar-refractivity contribution in [2.45, 2.75) is 44.4 Å². The Kier molecular flexibility index (Phi) is 6.68. The van der Waals surface area contributed by atoms with Crippen molar-refractivity contribution >= 4 is 10.8 Å². The summed E-state index contributed by atoms with van der Waals surface area (Å²) in [5.74, 6) is 7.71. The second-order valence-corrected chi connectivity index (χ2v) is 8.52. The zero-order chi connectivity index (χ0) is 21.6. The van der Waals surface area contributed by atoms with Crippen LogP contribution in [0.15, 0.2) is 79.9 Å². The van der Waals surface area contributed by atoms with Crippen molar-refractivity contribution in [3.63, 3.8) is 0 Å². The number of hydrogen-bond donors (Lipinski definition) is 0. The SMILES string of the molecule is C=CCCc1ccc2cc(C#Cc3ccc(C4CCC(C=C)CC4)cc3)ccc2c1F. The highest BCUT2D eigenvalue weighted by Crippen LogP contribution is 2.36. The largest absolute Gasteiger partial charge is 0.206 e. The van der Waals surface area contributed by atoms with Crippen LogP contribution >= 0.6 is 0 Å². The maximum Gasteiger partial charge on any atom is 0.134 e. The molecule has 1 aliphatic rings. The minimum absolute atomic E-state index is 0.128. The molecule has 0 aliphatic heterocycles. The number of allylic oxidation sites excluding steroid dienone is 2. The van der Waals surface area contributed by atoms with Crippen LogP contribution in [0.1, 0.15) is 60.3 Å². The number of halogens is 1. The van der Waals surface area contributed by atoms with Crippen molar-refractivity contribution in [2.75, 3.05) is 0 Å². The summed E-state index contributed by atoms with van der Waals surface area (Å²) in [5, 5.41) is 1.54. The van der Waals surface area contributed by atoms with Gasteiger partial charge in [0.2, 0.25) is 0 Å². The first-order valence-corrected chi connectivity index (χ1v) is 11.2. The summed E-state index contributed by atoms with van der Waals surface area (Å²) in [6.07, 6.45) is 10.4. The molecule has 0 amide bonds. The molecular formula is C30H29F. The zero-order valence-corrected chi connectivity index (χ0v) is 18.0. The molecule has 0 radical (unpaired) electrons. The summed E-state index contributed by atoms with van der Waals surface area (Å²) < 4.78 is 14.7. The van der Waals surface area contributed by atoms with Crippen molar-refractivity contribution < 1.29 is 4.39 Å². The van der Waals surface area contributed by atoms with Crippen LogP contribution < -0.4 is 0 Å². The van der Waals surface area contributed by atoms with Gasteiger partial charge in [0.1, 0.15) is 5.82 Å². The van der Waals surface area contributed by atoms with Gasteiger partial charge in [0.15, 0.2) is 0 Å². The molecule has 0 spiro atoms. The van der Waals surface area contributed by atoms with Crippen LogP contribution in [0.3, 0.4) is 0 Å². The smallest absolute Gasteiger partial charge is 0.134 e. The Bertz CT molecular complexity index is 1130. The van der Waals surface area contributed by atoms with Gasteiger partial charge in [0.05, 0.1) is 0 Å². The van der Waals surface area contributed by atoms with Crippen LogP contribution in [0, 0.1) is 23.6 Å². The quantitative estimate of drug-likeness (QED) is 0.297. The Labute approximate surface area is 185 Å². The number of rotatable bonds is 5. The van der Waals surface area contributed by atoms with E-state index >= 15 is 0 Å². The standard InChI is InChI=1S/C30H29F/c1-3-5-6-27-18-19-28-21-24(13-20-29(28)30(27)31)8-7-23-11-16-26(17-12-23)25-14-9-22(4-2)10-15-25/h3-4,11-13,16-22,25H,1-2,5-6,9-10,14-15H2. The van der Waals surface area contributed by atoms with E-state index in [0.717, 1.165) is 28.5 Å². The van der Waals surface area contributed by atoms with E-state index in [2.05, 4.69) is 55.3 Å². The van der Waals surface area contributed by atoms with Crippen molar-refractivity contribution in [1.29, 1.82) is 0 Å². The number of benzene rings is 3. The lowest BCUT2D eigenvalue weighted by molar-refractivity contribution is 0.376. The van der Waals surface area contributed by atoms with Gasteiger partial charge in [-0.05, 0) is 91.1 Å². The number of hydrogen-bond acceptors (Lipinski definition) is 0. The molecule has 1 heteroatoms.